The zero-order chi connectivity index (χ0) is 23.3. The van der Waals surface area contributed by atoms with E-state index < -0.39 is 24.1 Å². The van der Waals surface area contributed by atoms with E-state index >= 15 is 0 Å². The number of aliphatic imine (C=N–C) groups is 1. The number of aliphatic hydroxyl groups excluding tert-OH is 1. The topological polar surface area (TPSA) is 116 Å². The van der Waals surface area contributed by atoms with Crippen LogP contribution in [0.5, 0.6) is 11.5 Å². The van der Waals surface area contributed by atoms with Crippen molar-refractivity contribution in [3.63, 3.8) is 0 Å². The van der Waals surface area contributed by atoms with Gasteiger partial charge in [-0.2, -0.15) is 0 Å². The summed E-state index contributed by atoms with van der Waals surface area (Å²) in [5.41, 5.74) is 0. The van der Waals surface area contributed by atoms with Crippen molar-refractivity contribution >= 4 is 23.7 Å². The highest BCUT2D eigenvalue weighted by molar-refractivity contribution is 6.22. The molecule has 3 rings (SSSR count). The lowest BCUT2D eigenvalue weighted by Gasteiger charge is -2.32. The standard InChI is InChI=1S/C21H29N5O6/c1-24-18-17(19(28)25(2)21(24)29)26(20(23-18)22-10-5-11-30-3)12-14(27)13-32-16-8-6-15(31-4)7-9-16/h6-9,14,17,27H,5,10-13H2,1-4H3/p+1. The number of hydrogen-bond donors (Lipinski definition) is 2. The molecule has 0 saturated carbocycles. The summed E-state index contributed by atoms with van der Waals surface area (Å²) in [6.07, 6.45) is -0.182. The van der Waals surface area contributed by atoms with Gasteiger partial charge in [-0.1, -0.05) is 4.99 Å². The number of carbonyl (C=O) groups excluding carboxylic acids is 2. The van der Waals surface area contributed by atoms with Crippen LogP contribution in [-0.4, -0.2) is 110 Å². The van der Waals surface area contributed by atoms with Crippen LogP contribution in [0.1, 0.15) is 6.42 Å². The first-order valence-electron chi connectivity index (χ1n) is 10.3. The summed E-state index contributed by atoms with van der Waals surface area (Å²) in [5.74, 6) is 1.65. The summed E-state index contributed by atoms with van der Waals surface area (Å²) in [6, 6.07) is 5.77. The van der Waals surface area contributed by atoms with E-state index in [1.807, 2.05) is 0 Å². The molecule has 1 aromatic carbocycles. The second-order valence-corrected chi connectivity index (χ2v) is 7.50. The second-order valence-electron chi connectivity index (χ2n) is 7.50. The molecule has 2 aliphatic rings. The van der Waals surface area contributed by atoms with Crippen molar-refractivity contribution in [1.29, 1.82) is 0 Å². The number of methoxy groups -OCH3 is 2. The highest BCUT2D eigenvalue weighted by Crippen LogP contribution is 2.20. The maximum atomic E-state index is 12.9. The number of guanidine groups is 1. The molecule has 11 nitrogen and oxygen atoms in total. The van der Waals surface area contributed by atoms with Gasteiger partial charge in [-0.3, -0.25) is 19.9 Å². The van der Waals surface area contributed by atoms with Crippen molar-refractivity contribution in [2.75, 3.05) is 54.6 Å². The molecule has 0 radical (unpaired) electrons. The maximum Gasteiger partial charge on any atom is 0.390 e. The van der Waals surface area contributed by atoms with E-state index in [0.29, 0.717) is 36.4 Å². The lowest BCUT2D eigenvalue weighted by atomic mass is 10.1. The van der Waals surface area contributed by atoms with Crippen molar-refractivity contribution in [1.82, 2.24) is 15.1 Å². The number of ether oxygens (including phenoxy) is 3. The van der Waals surface area contributed by atoms with Gasteiger partial charge in [0.1, 0.15) is 24.2 Å². The average Bonchev–Trinajstić information content (AvgIpc) is 3.16. The van der Waals surface area contributed by atoms with Crippen LogP contribution in [0.2, 0.25) is 0 Å². The first-order valence-corrected chi connectivity index (χ1v) is 10.3. The van der Waals surface area contributed by atoms with Crippen LogP contribution in [0.4, 0.5) is 4.79 Å². The monoisotopic (exact) mass is 448 g/mol. The third-order valence-corrected chi connectivity index (χ3v) is 5.25. The fraction of sp³-hybridized carbons (Fsp3) is 0.524. The maximum absolute atomic E-state index is 12.9. The Labute approximate surface area is 186 Å². The summed E-state index contributed by atoms with van der Waals surface area (Å²) in [7, 11) is 6.21. The number of aliphatic hydroxyl groups is 1. The number of imide groups is 1. The number of nitrogens with one attached hydrogen (secondary N) is 1. The molecule has 3 amide bonds. The molecule has 0 bridgehead atoms. The first kappa shape index (κ1) is 23.5. The molecule has 2 N–H and O–H groups in total. The fourth-order valence-electron chi connectivity index (χ4n) is 3.49. The van der Waals surface area contributed by atoms with Crippen LogP contribution < -0.4 is 14.8 Å². The zero-order valence-corrected chi connectivity index (χ0v) is 18.8. The van der Waals surface area contributed by atoms with E-state index in [1.54, 1.807) is 50.1 Å². The molecule has 2 unspecified atom stereocenters. The van der Waals surface area contributed by atoms with Gasteiger partial charge in [0.25, 0.3) is 5.91 Å². The lowest BCUT2D eigenvalue weighted by Crippen LogP contribution is -2.62. The smallest absolute Gasteiger partial charge is 0.390 e. The number of amides is 3. The highest BCUT2D eigenvalue weighted by Gasteiger charge is 2.51. The molecular weight excluding hydrogens is 418 g/mol. The fourth-order valence-corrected chi connectivity index (χ4v) is 3.49. The summed E-state index contributed by atoms with van der Waals surface area (Å²) < 4.78 is 17.5. The third-order valence-electron chi connectivity index (χ3n) is 5.25. The van der Waals surface area contributed by atoms with Gasteiger partial charge in [0.15, 0.2) is 0 Å². The van der Waals surface area contributed by atoms with Crippen molar-refractivity contribution < 1.29 is 33.5 Å². The Hall–Kier alpha value is -3.18. The van der Waals surface area contributed by atoms with Gasteiger partial charge in [0, 0.05) is 34.2 Å². The number of rotatable bonds is 10. The van der Waals surface area contributed by atoms with E-state index in [0.717, 1.165) is 11.3 Å². The molecule has 32 heavy (non-hydrogen) atoms. The quantitative estimate of drug-likeness (QED) is 0.374. The number of fused-ring (bicyclic) bond motifs is 1. The minimum atomic E-state index is -0.913. The molecule has 2 heterocycles. The molecule has 1 fully saturated rings. The minimum absolute atomic E-state index is 0.0145. The molecule has 11 heteroatoms. The number of nitrogens with zero attached hydrogens (tertiary/aromatic N) is 4. The number of likely N-dealkylation sites (N-methyl/N-ethyl adjacent to an activating group) is 2. The number of carbonyl (C=O) groups is 2. The van der Waals surface area contributed by atoms with E-state index in [-0.39, 0.29) is 13.2 Å². The van der Waals surface area contributed by atoms with Gasteiger partial charge in [-0.25, -0.2) is 9.37 Å². The molecule has 1 saturated heterocycles. The first-order chi connectivity index (χ1) is 15.4. The van der Waals surface area contributed by atoms with Crippen LogP contribution in [0.15, 0.2) is 29.3 Å². The van der Waals surface area contributed by atoms with Crippen molar-refractivity contribution in [3.05, 3.63) is 24.3 Å². The molecule has 0 spiro atoms. The second kappa shape index (κ2) is 10.4. The Kier molecular flexibility index (Phi) is 7.65. The largest absolute Gasteiger partial charge is 0.497 e. The Bertz CT molecular complexity index is 900. The predicted octanol–water partition coefficient (Wildman–Crippen LogP) is -0.266. The number of urea groups is 1. The highest BCUT2D eigenvalue weighted by atomic mass is 16.5. The summed E-state index contributed by atoms with van der Waals surface area (Å²) >= 11 is 0. The number of benzene rings is 1. The average molecular weight is 449 g/mol. The van der Waals surface area contributed by atoms with Crippen LogP contribution >= 0.6 is 0 Å². The van der Waals surface area contributed by atoms with Crippen molar-refractivity contribution in [3.8, 4) is 11.5 Å². The van der Waals surface area contributed by atoms with Crippen molar-refractivity contribution in [2.24, 2.45) is 4.99 Å². The van der Waals surface area contributed by atoms with Crippen molar-refractivity contribution in [2.45, 2.75) is 18.6 Å². The molecule has 174 valence electrons. The Morgan fingerprint density at radius 3 is 2.50 bits per heavy atom. The van der Waals surface area contributed by atoms with Crippen LogP contribution in [-0.2, 0) is 9.53 Å². The van der Waals surface area contributed by atoms with Crippen LogP contribution in [0.3, 0.4) is 0 Å². The Balaban J connectivity index is 1.73. The molecule has 2 aliphatic heterocycles. The number of amidine groups is 1. The number of β-amino-alcohol motifs (C(OH)–C–C–N with tert-alkyl or cyclic N) is 1. The van der Waals surface area contributed by atoms with E-state index in [1.165, 1.54) is 11.9 Å². The molecule has 1 aromatic rings. The molecule has 0 aromatic heterocycles. The Morgan fingerprint density at radius 1 is 1.16 bits per heavy atom. The van der Waals surface area contributed by atoms with Gasteiger partial charge in [-0.05, 0) is 24.3 Å². The zero-order valence-electron chi connectivity index (χ0n) is 18.8. The van der Waals surface area contributed by atoms with Gasteiger partial charge in [-0.15, -0.1) is 0 Å². The normalized spacial score (nSPS) is 19.2. The molecule has 2 atom stereocenters. The predicted molar refractivity (Wildman–Crippen MR) is 116 cm³/mol. The Morgan fingerprint density at radius 2 is 1.84 bits per heavy atom. The van der Waals surface area contributed by atoms with Gasteiger partial charge >= 0.3 is 12.0 Å². The minimum Gasteiger partial charge on any atom is -0.497 e. The lowest BCUT2D eigenvalue weighted by molar-refractivity contribution is -0.545. The summed E-state index contributed by atoms with van der Waals surface area (Å²) in [5, 5.41) is 13.8. The molecule has 0 aliphatic carbocycles. The molecular formula is C21H30N5O6+. The SMILES string of the molecule is COCCCNC1=[N+](CC(O)COc2ccc(OC)cc2)C2C(=O)N(C)C(=O)N(C)C2=N1. The van der Waals surface area contributed by atoms with E-state index in [2.05, 4.69) is 10.3 Å². The van der Waals surface area contributed by atoms with E-state index in [4.69, 9.17) is 14.2 Å². The van der Waals surface area contributed by atoms with Crippen LogP contribution in [0, 0.1) is 0 Å². The summed E-state index contributed by atoms with van der Waals surface area (Å²) in [6.45, 7) is 1.23. The van der Waals surface area contributed by atoms with E-state index in [9.17, 15) is 14.7 Å². The van der Waals surface area contributed by atoms with Crippen LogP contribution in [0.25, 0.3) is 0 Å². The number of hydrogen-bond acceptors (Lipinski definition) is 8. The van der Waals surface area contributed by atoms with Gasteiger partial charge in [0.05, 0.1) is 20.2 Å². The summed E-state index contributed by atoms with van der Waals surface area (Å²) in [4.78, 5) is 32.1. The van der Waals surface area contributed by atoms with Gasteiger partial charge in [0.2, 0.25) is 11.9 Å². The third kappa shape index (κ3) is 5.00. The van der Waals surface area contributed by atoms with Gasteiger partial charge < -0.3 is 19.3 Å².